The zero-order valence-corrected chi connectivity index (χ0v) is 11.8. The van der Waals surface area contributed by atoms with Crippen LogP contribution in [0.4, 0.5) is 5.69 Å². The van der Waals surface area contributed by atoms with Gasteiger partial charge in [0.2, 0.25) is 0 Å². The summed E-state index contributed by atoms with van der Waals surface area (Å²) in [6.45, 7) is 0. The van der Waals surface area contributed by atoms with Crippen LogP contribution < -0.4 is 0 Å². The first-order valence-electron chi connectivity index (χ1n) is 7.32. The molecule has 0 heterocycles. The molecule has 0 unspecified atom stereocenters. The van der Waals surface area contributed by atoms with E-state index in [1.54, 1.807) is 18.2 Å². The monoisotopic (exact) mass is 291 g/mol. The summed E-state index contributed by atoms with van der Waals surface area (Å²) in [5.41, 5.74) is 1.82. The van der Waals surface area contributed by atoms with Gasteiger partial charge in [-0.2, -0.15) is 0 Å². The molecule has 4 heteroatoms. The van der Waals surface area contributed by atoms with E-state index in [4.69, 9.17) is 0 Å². The van der Waals surface area contributed by atoms with E-state index < -0.39 is 0 Å². The van der Waals surface area contributed by atoms with Gasteiger partial charge >= 0.3 is 0 Å². The van der Waals surface area contributed by atoms with Crippen LogP contribution in [0, 0.1) is 10.1 Å². The van der Waals surface area contributed by atoms with Crippen LogP contribution in [0.2, 0.25) is 0 Å². The molecule has 1 aliphatic rings. The number of carbonyl (C=O) groups is 1. The van der Waals surface area contributed by atoms with Crippen molar-refractivity contribution in [3.05, 3.63) is 63.7 Å². The molecule has 3 aromatic rings. The third kappa shape index (κ3) is 1.73. The molecule has 0 atom stereocenters. The number of benzene rings is 3. The summed E-state index contributed by atoms with van der Waals surface area (Å²) >= 11 is 0. The molecule has 0 saturated heterocycles. The second kappa shape index (κ2) is 4.63. The SMILES string of the molecule is O=C1CCCc2c1ccc1c([N+](=O)[O-])c3ccccc3cc21. The number of nitrogens with zero attached hydrogens (tertiary/aromatic N) is 1. The van der Waals surface area contributed by atoms with E-state index in [1.165, 1.54) is 0 Å². The Hall–Kier alpha value is -2.75. The third-order valence-electron chi connectivity index (χ3n) is 4.44. The minimum absolute atomic E-state index is 0.133. The summed E-state index contributed by atoms with van der Waals surface area (Å²) in [6.07, 6.45) is 2.17. The maximum atomic E-state index is 12.1. The summed E-state index contributed by atoms with van der Waals surface area (Å²) in [7, 11) is 0. The molecule has 22 heavy (non-hydrogen) atoms. The van der Waals surface area contributed by atoms with Crippen molar-refractivity contribution in [2.75, 3.05) is 0 Å². The molecule has 0 bridgehead atoms. The Morgan fingerprint density at radius 3 is 2.59 bits per heavy atom. The first-order valence-corrected chi connectivity index (χ1v) is 7.32. The Morgan fingerprint density at radius 2 is 1.77 bits per heavy atom. The number of Topliss-reactive ketones (excluding diaryl/α,β-unsaturated/α-hetero) is 1. The van der Waals surface area contributed by atoms with E-state index in [0.717, 1.165) is 34.7 Å². The van der Waals surface area contributed by atoms with Gasteiger partial charge in [-0.25, -0.2) is 0 Å². The standard InChI is InChI=1S/C18H13NO3/c20-17-7-3-6-13-14(17)8-9-15-16(13)10-11-4-1-2-5-12(11)18(15)19(21)22/h1-2,4-5,8-10H,3,6-7H2. The van der Waals surface area contributed by atoms with Gasteiger partial charge in [-0.15, -0.1) is 0 Å². The van der Waals surface area contributed by atoms with E-state index in [0.29, 0.717) is 17.2 Å². The maximum absolute atomic E-state index is 12.1. The lowest BCUT2D eigenvalue weighted by atomic mass is 9.85. The van der Waals surface area contributed by atoms with Crippen LogP contribution >= 0.6 is 0 Å². The Kier molecular flexibility index (Phi) is 2.73. The second-order valence-electron chi connectivity index (χ2n) is 5.67. The Bertz CT molecular complexity index is 959. The van der Waals surface area contributed by atoms with E-state index in [-0.39, 0.29) is 16.4 Å². The number of ketones is 1. The van der Waals surface area contributed by atoms with Crippen LogP contribution in [0.5, 0.6) is 0 Å². The number of hydrogen-bond acceptors (Lipinski definition) is 3. The summed E-state index contributed by atoms with van der Waals surface area (Å²) in [5.74, 6) is 0.138. The van der Waals surface area contributed by atoms with Crippen LogP contribution in [-0.2, 0) is 6.42 Å². The Morgan fingerprint density at radius 1 is 0.955 bits per heavy atom. The van der Waals surface area contributed by atoms with Crippen molar-refractivity contribution in [3.63, 3.8) is 0 Å². The van der Waals surface area contributed by atoms with Gasteiger partial charge in [-0.1, -0.05) is 24.3 Å². The fraction of sp³-hybridized carbons (Fsp3) is 0.167. The Balaban J connectivity index is 2.21. The number of rotatable bonds is 1. The van der Waals surface area contributed by atoms with Crippen LogP contribution in [-0.4, -0.2) is 10.7 Å². The van der Waals surface area contributed by atoms with Crippen LogP contribution in [0.25, 0.3) is 21.5 Å². The van der Waals surface area contributed by atoms with Gasteiger partial charge in [-0.3, -0.25) is 14.9 Å². The summed E-state index contributed by atoms with van der Waals surface area (Å²) in [6, 6.07) is 12.8. The summed E-state index contributed by atoms with van der Waals surface area (Å²) < 4.78 is 0. The molecule has 108 valence electrons. The van der Waals surface area contributed by atoms with Crippen LogP contribution in [0.1, 0.15) is 28.8 Å². The summed E-state index contributed by atoms with van der Waals surface area (Å²) in [4.78, 5) is 23.4. The van der Waals surface area contributed by atoms with E-state index >= 15 is 0 Å². The summed E-state index contributed by atoms with van der Waals surface area (Å²) in [5, 5.41) is 14.5. The highest BCUT2D eigenvalue weighted by atomic mass is 16.6. The minimum Gasteiger partial charge on any atom is -0.294 e. The highest BCUT2D eigenvalue weighted by molar-refractivity contribution is 6.12. The van der Waals surface area contributed by atoms with Gasteiger partial charge < -0.3 is 0 Å². The zero-order valence-electron chi connectivity index (χ0n) is 11.8. The average molecular weight is 291 g/mol. The van der Waals surface area contributed by atoms with Gasteiger partial charge in [0.25, 0.3) is 5.69 Å². The number of nitro benzene ring substituents is 1. The molecular formula is C18H13NO3. The molecular weight excluding hydrogens is 278 g/mol. The van der Waals surface area contributed by atoms with Gasteiger partial charge in [0, 0.05) is 12.0 Å². The van der Waals surface area contributed by atoms with Crippen molar-refractivity contribution >= 4 is 33.0 Å². The molecule has 0 radical (unpaired) electrons. The minimum atomic E-state index is -0.318. The predicted octanol–water partition coefficient (Wildman–Crippen LogP) is 4.42. The molecule has 0 aliphatic heterocycles. The fourth-order valence-electron chi connectivity index (χ4n) is 3.46. The first kappa shape index (κ1) is 13.0. The van der Waals surface area contributed by atoms with Crippen LogP contribution in [0.3, 0.4) is 0 Å². The molecule has 1 aliphatic carbocycles. The van der Waals surface area contributed by atoms with Crippen molar-refractivity contribution in [2.24, 2.45) is 0 Å². The van der Waals surface area contributed by atoms with Crippen molar-refractivity contribution in [1.29, 1.82) is 0 Å². The van der Waals surface area contributed by atoms with Gasteiger partial charge in [0.05, 0.1) is 15.7 Å². The number of hydrogen-bond donors (Lipinski definition) is 0. The smallest absolute Gasteiger partial charge is 0.284 e. The number of nitro groups is 1. The number of aryl methyl sites for hydroxylation is 1. The molecule has 3 aromatic carbocycles. The molecule has 4 rings (SSSR count). The topological polar surface area (TPSA) is 60.2 Å². The van der Waals surface area contributed by atoms with Crippen molar-refractivity contribution in [3.8, 4) is 0 Å². The lowest BCUT2D eigenvalue weighted by Gasteiger charge is -2.17. The molecule has 0 aromatic heterocycles. The quantitative estimate of drug-likeness (QED) is 0.379. The van der Waals surface area contributed by atoms with E-state index in [1.807, 2.05) is 24.3 Å². The maximum Gasteiger partial charge on any atom is 0.284 e. The van der Waals surface area contributed by atoms with E-state index in [9.17, 15) is 14.9 Å². The molecule has 0 fully saturated rings. The molecule has 4 nitrogen and oxygen atoms in total. The number of non-ortho nitro benzene ring substituents is 1. The third-order valence-corrected chi connectivity index (χ3v) is 4.44. The van der Waals surface area contributed by atoms with Crippen molar-refractivity contribution in [1.82, 2.24) is 0 Å². The second-order valence-corrected chi connectivity index (χ2v) is 5.67. The van der Waals surface area contributed by atoms with Gasteiger partial charge in [-0.05, 0) is 47.4 Å². The predicted molar refractivity (Wildman–Crippen MR) is 85.4 cm³/mol. The highest BCUT2D eigenvalue weighted by Gasteiger charge is 2.24. The van der Waals surface area contributed by atoms with Crippen LogP contribution in [0.15, 0.2) is 42.5 Å². The average Bonchev–Trinajstić information content (AvgIpc) is 2.52. The largest absolute Gasteiger partial charge is 0.294 e. The normalized spacial score (nSPS) is 14.3. The molecule has 0 spiro atoms. The highest BCUT2D eigenvalue weighted by Crippen LogP contribution is 2.38. The lowest BCUT2D eigenvalue weighted by Crippen LogP contribution is -2.11. The van der Waals surface area contributed by atoms with Crippen molar-refractivity contribution < 1.29 is 9.72 Å². The number of carbonyl (C=O) groups excluding carboxylic acids is 1. The van der Waals surface area contributed by atoms with Gasteiger partial charge in [0.1, 0.15) is 0 Å². The van der Waals surface area contributed by atoms with E-state index in [2.05, 4.69) is 0 Å². The Labute approximate surface area is 126 Å². The molecule has 0 saturated carbocycles. The number of fused-ring (bicyclic) bond motifs is 4. The van der Waals surface area contributed by atoms with Gasteiger partial charge in [0.15, 0.2) is 5.78 Å². The fourth-order valence-corrected chi connectivity index (χ4v) is 3.46. The first-order chi connectivity index (χ1) is 10.7. The molecule has 0 N–H and O–H groups in total. The zero-order chi connectivity index (χ0) is 15.3. The van der Waals surface area contributed by atoms with Crippen molar-refractivity contribution in [2.45, 2.75) is 19.3 Å². The molecule has 0 amide bonds. The lowest BCUT2D eigenvalue weighted by molar-refractivity contribution is -0.381.